The Balaban J connectivity index is 2.63. The molecule has 0 saturated heterocycles. The van der Waals surface area contributed by atoms with Crippen LogP contribution in [0.15, 0.2) is 22.7 Å². The summed E-state index contributed by atoms with van der Waals surface area (Å²) in [4.78, 5) is 11.0. The molecular formula is C9H6BrFN4O. The molecule has 0 unspecified atom stereocenters. The molecule has 7 heteroatoms. The van der Waals surface area contributed by atoms with Crippen LogP contribution in [0.25, 0.3) is 11.3 Å². The second kappa shape index (κ2) is 4.01. The summed E-state index contributed by atoms with van der Waals surface area (Å²) >= 11 is 3.08. The van der Waals surface area contributed by atoms with Crippen molar-refractivity contribution in [3.8, 4) is 11.3 Å². The molecule has 0 atom stereocenters. The normalized spacial score (nSPS) is 10.4. The molecule has 0 bridgehead atoms. The molecule has 0 aliphatic rings. The van der Waals surface area contributed by atoms with E-state index >= 15 is 0 Å². The van der Waals surface area contributed by atoms with Crippen LogP contribution in [0.5, 0.6) is 0 Å². The Morgan fingerprint density at radius 3 is 2.88 bits per heavy atom. The number of aromatic nitrogens is 3. The highest BCUT2D eigenvalue weighted by molar-refractivity contribution is 9.10. The minimum absolute atomic E-state index is 0.0219. The Bertz CT molecular complexity index is 554. The van der Waals surface area contributed by atoms with E-state index in [9.17, 15) is 9.18 Å². The van der Waals surface area contributed by atoms with E-state index in [-0.39, 0.29) is 15.9 Å². The van der Waals surface area contributed by atoms with Crippen molar-refractivity contribution < 1.29 is 9.18 Å². The molecule has 5 nitrogen and oxygen atoms in total. The predicted molar refractivity (Wildman–Crippen MR) is 58.0 cm³/mol. The van der Waals surface area contributed by atoms with Crippen LogP contribution in [-0.4, -0.2) is 21.3 Å². The zero-order valence-electron chi connectivity index (χ0n) is 7.87. The molecule has 0 fully saturated rings. The summed E-state index contributed by atoms with van der Waals surface area (Å²) in [6.07, 6.45) is 0. The third-order valence-corrected chi connectivity index (χ3v) is 2.79. The van der Waals surface area contributed by atoms with Crippen LogP contribution in [0.4, 0.5) is 4.39 Å². The van der Waals surface area contributed by atoms with Gasteiger partial charge >= 0.3 is 0 Å². The maximum atomic E-state index is 13.3. The van der Waals surface area contributed by atoms with Crippen molar-refractivity contribution >= 4 is 21.8 Å². The molecule has 82 valence electrons. The quantitative estimate of drug-likeness (QED) is 0.876. The minimum Gasteiger partial charge on any atom is -0.364 e. The fourth-order valence-corrected chi connectivity index (χ4v) is 1.73. The number of nitrogens with one attached hydrogen (secondary N) is 1. The van der Waals surface area contributed by atoms with Gasteiger partial charge in [0.1, 0.15) is 11.5 Å². The summed E-state index contributed by atoms with van der Waals surface area (Å²) in [5.41, 5.74) is 5.73. The molecule has 2 aromatic rings. The Labute approximate surface area is 98.0 Å². The monoisotopic (exact) mass is 284 g/mol. The van der Waals surface area contributed by atoms with Gasteiger partial charge in [0.25, 0.3) is 5.91 Å². The molecule has 0 aliphatic carbocycles. The molecule has 0 radical (unpaired) electrons. The Morgan fingerprint density at radius 1 is 1.44 bits per heavy atom. The van der Waals surface area contributed by atoms with Gasteiger partial charge in [0, 0.05) is 5.56 Å². The van der Waals surface area contributed by atoms with E-state index in [1.807, 2.05) is 0 Å². The van der Waals surface area contributed by atoms with Gasteiger partial charge in [-0.25, -0.2) is 4.39 Å². The highest BCUT2D eigenvalue weighted by atomic mass is 79.9. The van der Waals surface area contributed by atoms with Crippen LogP contribution in [0.3, 0.4) is 0 Å². The zero-order chi connectivity index (χ0) is 11.7. The number of aromatic amines is 1. The molecule has 0 aliphatic heterocycles. The lowest BCUT2D eigenvalue weighted by atomic mass is 10.1. The molecule has 3 N–H and O–H groups in total. The molecule has 1 heterocycles. The molecule has 1 aromatic heterocycles. The summed E-state index contributed by atoms with van der Waals surface area (Å²) in [6, 6.07) is 4.41. The SMILES string of the molecule is NC(=O)c1n[nH]nc1-c1cccc(F)c1Br. The first-order chi connectivity index (χ1) is 7.61. The summed E-state index contributed by atoms with van der Waals surface area (Å²) in [7, 11) is 0. The van der Waals surface area contributed by atoms with Gasteiger partial charge in [-0.1, -0.05) is 12.1 Å². The van der Waals surface area contributed by atoms with E-state index in [0.29, 0.717) is 5.56 Å². The molecule has 1 aromatic carbocycles. The van der Waals surface area contributed by atoms with Crippen molar-refractivity contribution in [2.75, 3.05) is 0 Å². The molecule has 0 saturated carbocycles. The van der Waals surface area contributed by atoms with Gasteiger partial charge in [-0.3, -0.25) is 4.79 Å². The lowest BCUT2D eigenvalue weighted by Crippen LogP contribution is -2.12. The average Bonchev–Trinajstić information content (AvgIpc) is 2.70. The van der Waals surface area contributed by atoms with E-state index in [1.54, 1.807) is 6.07 Å². The molecule has 1 amide bonds. The van der Waals surface area contributed by atoms with E-state index in [1.165, 1.54) is 12.1 Å². The number of primary amides is 1. The first kappa shape index (κ1) is 10.7. The van der Waals surface area contributed by atoms with Gasteiger partial charge in [-0.15, -0.1) is 0 Å². The lowest BCUT2D eigenvalue weighted by molar-refractivity contribution is 0.0996. The Morgan fingerprint density at radius 2 is 2.19 bits per heavy atom. The van der Waals surface area contributed by atoms with Crippen molar-refractivity contribution in [2.45, 2.75) is 0 Å². The number of nitrogens with zero attached hydrogens (tertiary/aromatic N) is 2. The number of halogens is 2. The van der Waals surface area contributed by atoms with E-state index in [2.05, 4.69) is 31.3 Å². The van der Waals surface area contributed by atoms with Crippen LogP contribution in [-0.2, 0) is 0 Å². The fourth-order valence-electron chi connectivity index (χ4n) is 1.28. The molecular weight excluding hydrogens is 279 g/mol. The summed E-state index contributed by atoms with van der Waals surface area (Å²) in [5, 5.41) is 9.67. The second-order valence-corrected chi connectivity index (χ2v) is 3.78. The third kappa shape index (κ3) is 1.69. The highest BCUT2D eigenvalue weighted by Crippen LogP contribution is 2.30. The van der Waals surface area contributed by atoms with Gasteiger partial charge in [-0.05, 0) is 22.0 Å². The lowest BCUT2D eigenvalue weighted by Gasteiger charge is -2.02. The van der Waals surface area contributed by atoms with Crippen LogP contribution in [0.1, 0.15) is 10.5 Å². The van der Waals surface area contributed by atoms with Crippen LogP contribution in [0, 0.1) is 5.82 Å². The van der Waals surface area contributed by atoms with Gasteiger partial charge in [0.2, 0.25) is 0 Å². The van der Waals surface area contributed by atoms with Gasteiger partial charge < -0.3 is 5.73 Å². The first-order valence-electron chi connectivity index (χ1n) is 4.26. The van der Waals surface area contributed by atoms with Crippen molar-refractivity contribution in [2.24, 2.45) is 5.73 Å². The highest BCUT2D eigenvalue weighted by Gasteiger charge is 2.18. The van der Waals surface area contributed by atoms with Crippen molar-refractivity contribution in [3.05, 3.63) is 34.2 Å². The topological polar surface area (TPSA) is 84.7 Å². The number of carbonyl (C=O) groups is 1. The fraction of sp³-hybridized carbons (Fsp3) is 0. The maximum absolute atomic E-state index is 13.3. The number of carbonyl (C=O) groups excluding carboxylic acids is 1. The number of hydrogen-bond donors (Lipinski definition) is 2. The van der Waals surface area contributed by atoms with Crippen LogP contribution >= 0.6 is 15.9 Å². The van der Waals surface area contributed by atoms with E-state index in [4.69, 9.17) is 5.73 Å². The van der Waals surface area contributed by atoms with Crippen LogP contribution < -0.4 is 5.73 Å². The number of rotatable bonds is 2. The zero-order valence-corrected chi connectivity index (χ0v) is 9.45. The number of amides is 1. The predicted octanol–water partition coefficient (Wildman–Crippen LogP) is 1.47. The van der Waals surface area contributed by atoms with Gasteiger partial charge in [-0.2, -0.15) is 15.4 Å². The summed E-state index contributed by atoms with van der Waals surface area (Å²) in [6.45, 7) is 0. The average molecular weight is 285 g/mol. The van der Waals surface area contributed by atoms with Crippen molar-refractivity contribution in [1.29, 1.82) is 0 Å². The summed E-state index contributed by atoms with van der Waals surface area (Å²) < 4.78 is 13.5. The van der Waals surface area contributed by atoms with Gasteiger partial charge in [0.15, 0.2) is 5.69 Å². The first-order valence-corrected chi connectivity index (χ1v) is 5.05. The summed E-state index contributed by atoms with van der Waals surface area (Å²) in [5.74, 6) is -1.17. The second-order valence-electron chi connectivity index (χ2n) is 2.99. The maximum Gasteiger partial charge on any atom is 0.271 e. The van der Waals surface area contributed by atoms with Crippen LogP contribution in [0.2, 0.25) is 0 Å². The smallest absolute Gasteiger partial charge is 0.271 e. The van der Waals surface area contributed by atoms with E-state index < -0.39 is 11.7 Å². The van der Waals surface area contributed by atoms with Crippen molar-refractivity contribution in [3.63, 3.8) is 0 Å². The Hall–Kier alpha value is -1.76. The minimum atomic E-state index is -0.722. The molecule has 0 spiro atoms. The van der Waals surface area contributed by atoms with E-state index in [0.717, 1.165) is 0 Å². The Kier molecular flexibility index (Phi) is 2.69. The molecule has 16 heavy (non-hydrogen) atoms. The number of benzene rings is 1. The molecule has 2 rings (SSSR count). The third-order valence-electron chi connectivity index (χ3n) is 1.99. The van der Waals surface area contributed by atoms with Gasteiger partial charge in [0.05, 0.1) is 4.47 Å². The van der Waals surface area contributed by atoms with Crippen molar-refractivity contribution in [1.82, 2.24) is 15.4 Å². The number of hydrogen-bond acceptors (Lipinski definition) is 3. The standard InChI is InChI=1S/C9H6BrFN4O/c10-6-4(2-1-3-5(6)11)7-8(9(12)16)14-15-13-7/h1-3H,(H2,12,16)(H,13,14,15). The number of nitrogens with two attached hydrogens (primary N) is 1. The largest absolute Gasteiger partial charge is 0.364 e. The number of H-pyrrole nitrogens is 1.